The number of phenolic OH excluding ortho intramolecular Hbond substituents is 3. The minimum absolute atomic E-state index is 0.0986. The molecule has 1 aliphatic carbocycles. The normalized spacial score (nSPS) is 19.5. The molecular weight excluding hydrogens is 364 g/mol. The first-order valence-electron chi connectivity index (χ1n) is 8.46. The number of aromatic hydroxyl groups is 3. The van der Waals surface area contributed by atoms with Crippen LogP contribution in [0.3, 0.4) is 0 Å². The number of carbonyl (C=O) groups is 2. The number of aryl methyl sites for hydroxylation is 1. The number of amides is 1. The fraction of sp³-hybridized carbons (Fsp3) is 0.100. The Morgan fingerprint density at radius 1 is 0.964 bits per heavy atom. The van der Waals surface area contributed by atoms with E-state index in [9.17, 15) is 24.9 Å². The van der Waals surface area contributed by atoms with E-state index in [0.29, 0.717) is 22.6 Å². The van der Waals surface area contributed by atoms with Gasteiger partial charge in [0.2, 0.25) is 11.5 Å². The van der Waals surface area contributed by atoms with Gasteiger partial charge in [-0.2, -0.15) is 0 Å². The maximum absolute atomic E-state index is 13.1. The van der Waals surface area contributed by atoms with Crippen molar-refractivity contribution in [2.45, 2.75) is 12.6 Å². The van der Waals surface area contributed by atoms with E-state index in [1.165, 1.54) is 6.26 Å². The fourth-order valence-corrected chi connectivity index (χ4v) is 3.98. The third-order valence-electron chi connectivity index (χ3n) is 5.29. The van der Waals surface area contributed by atoms with Crippen molar-refractivity contribution in [1.82, 2.24) is 5.32 Å². The zero-order chi connectivity index (χ0) is 19.8. The number of hydrogen-bond acceptors (Lipinski definition) is 7. The smallest absolute Gasteiger partial charge is 0.255 e. The molecule has 140 valence electrons. The van der Waals surface area contributed by atoms with Crippen molar-refractivity contribution in [3.05, 3.63) is 70.2 Å². The van der Waals surface area contributed by atoms with E-state index in [2.05, 4.69) is 10.6 Å². The number of phenols is 3. The van der Waals surface area contributed by atoms with Crippen LogP contribution in [0.5, 0.6) is 17.2 Å². The van der Waals surface area contributed by atoms with Gasteiger partial charge in [-0.25, -0.2) is 0 Å². The highest BCUT2D eigenvalue weighted by atomic mass is 16.3. The molecule has 0 saturated heterocycles. The summed E-state index contributed by atoms with van der Waals surface area (Å²) in [6.07, 6.45) is 1.35. The SMILES string of the molecule is Cc1occ2c1C(=O)c1c(cc(O)c(O)c1O)[C@]21NC(=O)c2ccccc2N1. The van der Waals surface area contributed by atoms with E-state index in [4.69, 9.17) is 4.42 Å². The van der Waals surface area contributed by atoms with Crippen LogP contribution < -0.4 is 10.6 Å². The summed E-state index contributed by atoms with van der Waals surface area (Å²) in [5, 5.41) is 36.5. The maximum atomic E-state index is 13.1. The molecule has 0 bridgehead atoms. The van der Waals surface area contributed by atoms with Gasteiger partial charge in [0, 0.05) is 11.3 Å². The summed E-state index contributed by atoms with van der Waals surface area (Å²) in [5.41, 5.74) is -0.190. The van der Waals surface area contributed by atoms with E-state index < -0.39 is 34.6 Å². The largest absolute Gasteiger partial charge is 0.504 e. The second kappa shape index (κ2) is 5.07. The van der Waals surface area contributed by atoms with Gasteiger partial charge < -0.3 is 30.4 Å². The summed E-state index contributed by atoms with van der Waals surface area (Å²) in [6.45, 7) is 1.59. The quantitative estimate of drug-likeness (QED) is 0.379. The molecule has 1 atom stereocenters. The Kier molecular flexibility index (Phi) is 2.94. The van der Waals surface area contributed by atoms with E-state index >= 15 is 0 Å². The third kappa shape index (κ3) is 1.78. The van der Waals surface area contributed by atoms with E-state index in [-0.39, 0.29) is 16.7 Å². The van der Waals surface area contributed by atoms with Crippen LogP contribution in [0, 0.1) is 6.92 Å². The number of nitrogens with one attached hydrogen (secondary N) is 2. The van der Waals surface area contributed by atoms with Crippen molar-refractivity contribution in [1.29, 1.82) is 0 Å². The van der Waals surface area contributed by atoms with Crippen molar-refractivity contribution >= 4 is 17.4 Å². The lowest BCUT2D eigenvalue weighted by atomic mass is 9.76. The summed E-state index contributed by atoms with van der Waals surface area (Å²) < 4.78 is 5.45. The molecule has 1 aromatic heterocycles. The molecule has 2 aliphatic rings. The average molecular weight is 378 g/mol. The first-order valence-corrected chi connectivity index (χ1v) is 8.46. The highest BCUT2D eigenvalue weighted by Gasteiger charge is 2.51. The Labute approximate surface area is 158 Å². The zero-order valence-electron chi connectivity index (χ0n) is 14.5. The lowest BCUT2D eigenvalue weighted by molar-refractivity contribution is 0.0902. The monoisotopic (exact) mass is 378 g/mol. The van der Waals surface area contributed by atoms with Crippen LogP contribution in [0.4, 0.5) is 5.69 Å². The topological polar surface area (TPSA) is 132 Å². The highest BCUT2D eigenvalue weighted by molar-refractivity contribution is 6.17. The van der Waals surface area contributed by atoms with E-state index in [1.54, 1.807) is 31.2 Å². The maximum Gasteiger partial charge on any atom is 0.255 e. The lowest BCUT2D eigenvalue weighted by Gasteiger charge is -2.43. The minimum Gasteiger partial charge on any atom is -0.504 e. The minimum atomic E-state index is -1.48. The standard InChI is InChI=1S/C20H14N2O6/c1-8-14-11(7-28-8)20(21-12-5-3-2-4-9(12)19(27)22-20)10-6-13(23)16(24)18(26)15(10)17(14)25/h2-7,21,23-24,26H,1H3,(H,22,27)/t20-/m0/s1. The van der Waals surface area contributed by atoms with E-state index in [1.807, 2.05) is 0 Å². The Bertz CT molecular complexity index is 1210. The first-order chi connectivity index (χ1) is 13.3. The molecule has 8 nitrogen and oxygen atoms in total. The van der Waals surface area contributed by atoms with Crippen LogP contribution >= 0.6 is 0 Å². The predicted molar refractivity (Wildman–Crippen MR) is 96.6 cm³/mol. The van der Waals surface area contributed by atoms with Gasteiger partial charge in [-0.05, 0) is 25.1 Å². The molecule has 2 heterocycles. The number of carbonyl (C=O) groups excluding carboxylic acids is 2. The molecule has 1 aliphatic heterocycles. The molecule has 0 saturated carbocycles. The van der Waals surface area contributed by atoms with Gasteiger partial charge in [0.25, 0.3) is 5.91 Å². The molecule has 5 N–H and O–H groups in total. The van der Waals surface area contributed by atoms with Gasteiger partial charge in [-0.1, -0.05) is 12.1 Å². The Morgan fingerprint density at radius 3 is 2.50 bits per heavy atom. The zero-order valence-corrected chi connectivity index (χ0v) is 14.5. The van der Waals surface area contributed by atoms with Crippen LogP contribution in [-0.4, -0.2) is 27.0 Å². The van der Waals surface area contributed by atoms with Crippen molar-refractivity contribution in [3.8, 4) is 17.2 Å². The molecule has 28 heavy (non-hydrogen) atoms. The summed E-state index contributed by atoms with van der Waals surface area (Å²) in [7, 11) is 0. The molecular formula is C20H14N2O6. The summed E-state index contributed by atoms with van der Waals surface area (Å²) in [6, 6.07) is 7.97. The van der Waals surface area contributed by atoms with Gasteiger partial charge in [0.05, 0.1) is 28.5 Å². The molecule has 5 rings (SSSR count). The molecule has 0 radical (unpaired) electrons. The van der Waals surface area contributed by atoms with Crippen molar-refractivity contribution in [3.63, 3.8) is 0 Å². The number of para-hydroxylation sites is 1. The van der Waals surface area contributed by atoms with Gasteiger partial charge in [-0.15, -0.1) is 0 Å². The average Bonchev–Trinajstić information content (AvgIpc) is 3.07. The number of furan rings is 1. The van der Waals surface area contributed by atoms with Gasteiger partial charge in [0.1, 0.15) is 5.76 Å². The third-order valence-corrected chi connectivity index (χ3v) is 5.29. The first kappa shape index (κ1) is 16.2. The van der Waals surface area contributed by atoms with Gasteiger partial charge >= 0.3 is 0 Å². The highest BCUT2D eigenvalue weighted by Crippen LogP contribution is 2.51. The number of anilines is 1. The number of hydrogen-bond donors (Lipinski definition) is 5. The number of ketones is 1. The molecule has 3 aromatic rings. The van der Waals surface area contributed by atoms with Gasteiger partial charge in [0.15, 0.2) is 17.2 Å². The summed E-state index contributed by atoms with van der Waals surface area (Å²) in [4.78, 5) is 25.9. The van der Waals surface area contributed by atoms with Crippen LogP contribution in [0.25, 0.3) is 0 Å². The van der Waals surface area contributed by atoms with Crippen LogP contribution in [0.1, 0.15) is 43.2 Å². The molecule has 2 aromatic carbocycles. The van der Waals surface area contributed by atoms with E-state index in [0.717, 1.165) is 6.07 Å². The summed E-state index contributed by atoms with van der Waals surface area (Å²) >= 11 is 0. The van der Waals surface area contributed by atoms with Crippen LogP contribution in [0.2, 0.25) is 0 Å². The van der Waals surface area contributed by atoms with Crippen molar-refractivity contribution in [2.75, 3.05) is 5.32 Å². The van der Waals surface area contributed by atoms with Crippen molar-refractivity contribution in [2.24, 2.45) is 0 Å². The Morgan fingerprint density at radius 2 is 1.71 bits per heavy atom. The number of fused-ring (bicyclic) bond motifs is 5. The predicted octanol–water partition coefficient (Wildman–Crippen LogP) is 2.31. The van der Waals surface area contributed by atoms with Gasteiger partial charge in [-0.3, -0.25) is 9.59 Å². The second-order valence-corrected chi connectivity index (χ2v) is 6.80. The number of rotatable bonds is 0. The fourth-order valence-electron chi connectivity index (χ4n) is 3.98. The van der Waals surface area contributed by atoms with Crippen LogP contribution in [-0.2, 0) is 5.66 Å². The molecule has 0 fully saturated rings. The summed E-state index contributed by atoms with van der Waals surface area (Å²) in [5.74, 6) is -2.89. The molecule has 0 unspecified atom stereocenters. The Hall–Kier alpha value is -3.94. The molecule has 1 amide bonds. The lowest BCUT2D eigenvalue weighted by Crippen LogP contribution is -2.58. The second-order valence-electron chi connectivity index (χ2n) is 6.80. The number of benzene rings is 2. The van der Waals surface area contributed by atoms with Crippen LogP contribution in [0.15, 0.2) is 41.0 Å². The van der Waals surface area contributed by atoms with Crippen molar-refractivity contribution < 1.29 is 29.3 Å². The molecule has 8 heteroatoms. The Balaban J connectivity index is 1.89. The molecule has 1 spiro atoms.